The highest BCUT2D eigenvalue weighted by molar-refractivity contribution is 9.10. The topological polar surface area (TPSA) is 20.3 Å². The highest BCUT2D eigenvalue weighted by atomic mass is 79.9. The van der Waals surface area contributed by atoms with E-state index < -0.39 is 5.82 Å². The molecule has 0 bridgehead atoms. The zero-order valence-electron chi connectivity index (χ0n) is 11.2. The average Bonchev–Trinajstić information content (AvgIpc) is 2.42. The van der Waals surface area contributed by atoms with Crippen molar-refractivity contribution in [3.8, 4) is 0 Å². The Morgan fingerprint density at radius 3 is 2.74 bits per heavy atom. The Hall–Kier alpha value is -0.900. The molecule has 4 heteroatoms. The first-order valence-electron chi connectivity index (χ1n) is 6.79. The molecule has 1 aromatic carbocycles. The van der Waals surface area contributed by atoms with Crippen molar-refractivity contribution in [2.24, 2.45) is 5.92 Å². The molecule has 1 aliphatic rings. The predicted molar refractivity (Wildman–Crippen MR) is 77.6 cm³/mol. The van der Waals surface area contributed by atoms with E-state index >= 15 is 0 Å². The molecule has 0 unspecified atom stereocenters. The smallest absolute Gasteiger partial charge is 0.254 e. The number of amides is 1. The maximum absolute atomic E-state index is 13.4. The first kappa shape index (κ1) is 14.5. The normalized spacial score (nSPS) is 16.4. The molecule has 2 rings (SSSR count). The number of carbonyl (C=O) groups is 1. The van der Waals surface area contributed by atoms with Crippen LogP contribution in [-0.4, -0.2) is 24.4 Å². The molecule has 1 aliphatic carbocycles. The molecule has 2 nitrogen and oxygen atoms in total. The van der Waals surface area contributed by atoms with Gasteiger partial charge < -0.3 is 4.90 Å². The standard InChI is InChI=1S/C15H19BrFNO/c1-18(10-11-6-3-2-4-7-11)15(19)12-8-5-9-13(17)14(12)16/h5,8-9,11H,2-4,6-7,10H2,1H3. The van der Waals surface area contributed by atoms with E-state index in [2.05, 4.69) is 15.9 Å². The van der Waals surface area contributed by atoms with Gasteiger partial charge in [0.1, 0.15) is 5.82 Å². The number of carbonyl (C=O) groups excluding carboxylic acids is 1. The fourth-order valence-corrected chi connectivity index (χ4v) is 3.15. The summed E-state index contributed by atoms with van der Waals surface area (Å²) in [6.45, 7) is 0.766. The number of nitrogens with zero attached hydrogens (tertiary/aromatic N) is 1. The highest BCUT2D eigenvalue weighted by Gasteiger charge is 2.21. The summed E-state index contributed by atoms with van der Waals surface area (Å²) < 4.78 is 13.7. The third-order valence-electron chi connectivity index (χ3n) is 3.79. The van der Waals surface area contributed by atoms with E-state index in [-0.39, 0.29) is 10.4 Å². The van der Waals surface area contributed by atoms with E-state index in [1.807, 2.05) is 0 Å². The van der Waals surface area contributed by atoms with Crippen LogP contribution in [0.1, 0.15) is 42.5 Å². The van der Waals surface area contributed by atoms with E-state index in [1.165, 1.54) is 38.2 Å². The first-order valence-corrected chi connectivity index (χ1v) is 7.58. The van der Waals surface area contributed by atoms with Gasteiger partial charge in [0.15, 0.2) is 0 Å². The van der Waals surface area contributed by atoms with Crippen molar-refractivity contribution in [2.75, 3.05) is 13.6 Å². The van der Waals surface area contributed by atoms with Crippen LogP contribution in [0.2, 0.25) is 0 Å². The second-order valence-corrected chi connectivity index (χ2v) is 6.08. The van der Waals surface area contributed by atoms with Crippen molar-refractivity contribution in [1.82, 2.24) is 4.90 Å². The van der Waals surface area contributed by atoms with Gasteiger partial charge in [-0.05, 0) is 46.8 Å². The second-order valence-electron chi connectivity index (χ2n) is 5.29. The zero-order valence-corrected chi connectivity index (χ0v) is 12.7. The summed E-state index contributed by atoms with van der Waals surface area (Å²) in [7, 11) is 1.80. The minimum atomic E-state index is -0.392. The van der Waals surface area contributed by atoms with Gasteiger partial charge >= 0.3 is 0 Å². The van der Waals surface area contributed by atoms with Gasteiger partial charge in [-0.3, -0.25) is 4.79 Å². The molecular weight excluding hydrogens is 309 g/mol. The zero-order chi connectivity index (χ0) is 13.8. The third-order valence-corrected chi connectivity index (χ3v) is 4.59. The van der Waals surface area contributed by atoms with Gasteiger partial charge in [-0.25, -0.2) is 4.39 Å². The number of hydrogen-bond donors (Lipinski definition) is 0. The van der Waals surface area contributed by atoms with Gasteiger partial charge in [-0.1, -0.05) is 25.3 Å². The summed E-state index contributed by atoms with van der Waals surface area (Å²) >= 11 is 3.15. The van der Waals surface area contributed by atoms with Crippen LogP contribution in [0.25, 0.3) is 0 Å². The molecule has 0 aliphatic heterocycles. The average molecular weight is 328 g/mol. The Morgan fingerprint density at radius 1 is 1.37 bits per heavy atom. The molecule has 0 N–H and O–H groups in total. The number of benzene rings is 1. The first-order chi connectivity index (χ1) is 9.09. The largest absolute Gasteiger partial charge is 0.341 e. The maximum atomic E-state index is 13.4. The molecule has 0 spiro atoms. The van der Waals surface area contributed by atoms with E-state index in [9.17, 15) is 9.18 Å². The van der Waals surface area contributed by atoms with E-state index in [4.69, 9.17) is 0 Å². The Balaban J connectivity index is 2.03. The SMILES string of the molecule is CN(CC1CCCCC1)C(=O)c1cccc(F)c1Br. The van der Waals surface area contributed by atoms with Crippen molar-refractivity contribution in [1.29, 1.82) is 0 Å². The van der Waals surface area contributed by atoms with E-state index in [0.717, 1.165) is 6.54 Å². The van der Waals surface area contributed by atoms with Crippen molar-refractivity contribution >= 4 is 21.8 Å². The van der Waals surface area contributed by atoms with Crippen LogP contribution in [0, 0.1) is 11.7 Å². The summed E-state index contributed by atoms with van der Waals surface area (Å²) in [5.74, 6) is 0.0869. The third kappa shape index (κ3) is 3.56. The lowest BCUT2D eigenvalue weighted by Gasteiger charge is -2.27. The molecule has 0 atom stereocenters. The molecule has 1 saturated carbocycles. The molecule has 19 heavy (non-hydrogen) atoms. The quantitative estimate of drug-likeness (QED) is 0.813. The predicted octanol–water partition coefficient (Wildman–Crippen LogP) is 4.24. The van der Waals surface area contributed by atoms with Gasteiger partial charge in [-0.2, -0.15) is 0 Å². The lowest BCUT2D eigenvalue weighted by atomic mass is 9.89. The molecular formula is C15H19BrFNO. The Morgan fingerprint density at radius 2 is 2.05 bits per heavy atom. The summed E-state index contributed by atoms with van der Waals surface area (Å²) in [6.07, 6.45) is 6.22. The number of hydrogen-bond acceptors (Lipinski definition) is 1. The molecule has 0 heterocycles. The van der Waals surface area contributed by atoms with Crippen LogP contribution in [0.15, 0.2) is 22.7 Å². The summed E-state index contributed by atoms with van der Waals surface area (Å²) in [5.41, 5.74) is 0.401. The van der Waals surface area contributed by atoms with Gasteiger partial charge in [-0.15, -0.1) is 0 Å². The summed E-state index contributed by atoms with van der Waals surface area (Å²) in [4.78, 5) is 14.0. The molecule has 1 fully saturated rings. The Bertz CT molecular complexity index is 457. The van der Waals surface area contributed by atoms with Gasteiger partial charge in [0.2, 0.25) is 0 Å². The van der Waals surface area contributed by atoms with Crippen LogP contribution < -0.4 is 0 Å². The monoisotopic (exact) mass is 327 g/mol. The Kier molecular flexibility index (Phi) is 4.97. The van der Waals surface area contributed by atoms with Gasteiger partial charge in [0, 0.05) is 13.6 Å². The van der Waals surface area contributed by atoms with Crippen LogP contribution in [-0.2, 0) is 0 Å². The van der Waals surface area contributed by atoms with Crippen LogP contribution in [0.5, 0.6) is 0 Å². The van der Waals surface area contributed by atoms with Crippen molar-refractivity contribution in [2.45, 2.75) is 32.1 Å². The molecule has 0 aromatic heterocycles. The van der Waals surface area contributed by atoms with E-state index in [1.54, 1.807) is 24.1 Å². The minimum absolute atomic E-state index is 0.114. The fourth-order valence-electron chi connectivity index (χ4n) is 2.71. The van der Waals surface area contributed by atoms with Crippen LogP contribution in [0.4, 0.5) is 4.39 Å². The van der Waals surface area contributed by atoms with Crippen LogP contribution in [0.3, 0.4) is 0 Å². The number of halogens is 2. The second kappa shape index (κ2) is 6.51. The van der Waals surface area contributed by atoms with E-state index in [0.29, 0.717) is 11.5 Å². The lowest BCUT2D eigenvalue weighted by molar-refractivity contribution is 0.0759. The molecule has 0 saturated heterocycles. The Labute approximate surface area is 122 Å². The van der Waals surface area contributed by atoms with Gasteiger partial charge in [0.25, 0.3) is 5.91 Å². The van der Waals surface area contributed by atoms with Gasteiger partial charge in [0.05, 0.1) is 10.0 Å². The molecule has 1 aromatic rings. The summed E-state index contributed by atoms with van der Waals surface area (Å²) in [5, 5.41) is 0. The van der Waals surface area contributed by atoms with Crippen LogP contribution >= 0.6 is 15.9 Å². The highest BCUT2D eigenvalue weighted by Crippen LogP contribution is 2.26. The fraction of sp³-hybridized carbons (Fsp3) is 0.533. The number of rotatable bonds is 3. The van der Waals surface area contributed by atoms with Crippen molar-refractivity contribution in [3.05, 3.63) is 34.1 Å². The molecule has 1 amide bonds. The van der Waals surface area contributed by atoms with Crippen molar-refractivity contribution in [3.63, 3.8) is 0 Å². The lowest BCUT2D eigenvalue weighted by Crippen LogP contribution is -2.32. The summed E-state index contributed by atoms with van der Waals surface area (Å²) in [6, 6.07) is 4.58. The van der Waals surface area contributed by atoms with Crippen molar-refractivity contribution < 1.29 is 9.18 Å². The molecule has 104 valence electrons. The minimum Gasteiger partial charge on any atom is -0.341 e. The molecule has 0 radical (unpaired) electrons. The maximum Gasteiger partial charge on any atom is 0.254 e.